The topological polar surface area (TPSA) is 129 Å². The van der Waals surface area contributed by atoms with Gasteiger partial charge in [-0.05, 0) is 30.7 Å². The Morgan fingerprint density at radius 1 is 1.19 bits per heavy atom. The molecule has 12 nitrogen and oxygen atoms in total. The number of carbonyl (C=O) groups is 1. The molecule has 4 heterocycles. The molecule has 2 amide bonds. The first-order valence-electron chi connectivity index (χ1n) is 11.6. The van der Waals surface area contributed by atoms with E-state index in [0.717, 1.165) is 16.9 Å². The number of benzene rings is 1. The highest BCUT2D eigenvalue weighted by Gasteiger charge is 2.34. The first-order chi connectivity index (χ1) is 17.9. The number of halogens is 2. The van der Waals surface area contributed by atoms with Crippen molar-refractivity contribution in [2.24, 2.45) is 5.10 Å². The van der Waals surface area contributed by atoms with Crippen molar-refractivity contribution in [2.45, 2.75) is 25.9 Å². The third-order valence-electron chi connectivity index (χ3n) is 6.28. The van der Waals surface area contributed by atoms with E-state index in [1.54, 1.807) is 29.0 Å². The van der Waals surface area contributed by atoms with E-state index in [0.29, 0.717) is 44.7 Å². The lowest BCUT2D eigenvalue weighted by atomic mass is 10.0. The van der Waals surface area contributed by atoms with Gasteiger partial charge in [0.25, 0.3) is 0 Å². The van der Waals surface area contributed by atoms with Gasteiger partial charge in [-0.1, -0.05) is 0 Å². The Kier molecular flexibility index (Phi) is 6.34. The van der Waals surface area contributed by atoms with Crippen LogP contribution in [0.15, 0.2) is 40.6 Å². The number of aryl methyl sites for hydroxylation is 1. The van der Waals surface area contributed by atoms with E-state index in [9.17, 15) is 18.4 Å². The smallest absolute Gasteiger partial charge is 0.337 e. The van der Waals surface area contributed by atoms with Crippen molar-refractivity contribution >= 4 is 18.2 Å². The van der Waals surface area contributed by atoms with Crippen molar-refractivity contribution in [1.82, 2.24) is 34.2 Å². The highest BCUT2D eigenvalue weighted by molar-refractivity contribution is 5.78. The standard InChI is InChI=1S/C23H22F2N10O2/c1-2-31-14-29-35(22(31)36)20-18(25)13-27-21(30-20)32-5-7-33(8-6-32)23(37)34-19(3-4-28-34)16-9-15(12-26)10-17(24)11-16/h4,9-11,13-14,19H,2-3,5-8H2,1H3. The lowest BCUT2D eigenvalue weighted by molar-refractivity contribution is 0.139. The summed E-state index contributed by atoms with van der Waals surface area (Å²) in [4.78, 5) is 37.3. The SMILES string of the molecule is CCn1cnn(-c2nc(N3CCN(C(=O)N4N=CCC4c4cc(F)cc(C#N)c4)CC3)ncc2F)c1=O. The molecule has 14 heteroatoms. The van der Waals surface area contributed by atoms with Crippen LogP contribution in [0.25, 0.3) is 5.82 Å². The number of nitriles is 1. The molecule has 5 rings (SSSR count). The number of aromatic nitrogens is 5. The van der Waals surface area contributed by atoms with Crippen LogP contribution in [0.5, 0.6) is 0 Å². The molecule has 0 aliphatic carbocycles. The average Bonchev–Trinajstić information content (AvgIpc) is 3.55. The molecule has 1 atom stereocenters. The summed E-state index contributed by atoms with van der Waals surface area (Å²) in [5.41, 5.74) is 0.154. The Morgan fingerprint density at radius 3 is 2.68 bits per heavy atom. The van der Waals surface area contributed by atoms with Gasteiger partial charge in [-0.3, -0.25) is 4.57 Å². The fourth-order valence-corrected chi connectivity index (χ4v) is 4.33. The van der Waals surface area contributed by atoms with Crippen molar-refractivity contribution in [3.8, 4) is 11.9 Å². The second kappa shape index (κ2) is 9.76. The van der Waals surface area contributed by atoms with Crippen molar-refractivity contribution in [2.75, 3.05) is 31.1 Å². The summed E-state index contributed by atoms with van der Waals surface area (Å²) in [5.74, 6) is -1.37. The van der Waals surface area contributed by atoms with Crippen LogP contribution in [0.3, 0.4) is 0 Å². The number of hydrazone groups is 1. The number of rotatable bonds is 4. The van der Waals surface area contributed by atoms with E-state index < -0.39 is 23.4 Å². The molecule has 2 aromatic heterocycles. The molecule has 0 spiro atoms. The predicted octanol–water partition coefficient (Wildman–Crippen LogP) is 1.67. The lowest BCUT2D eigenvalue weighted by Crippen LogP contribution is -2.52. The summed E-state index contributed by atoms with van der Waals surface area (Å²) in [6.45, 7) is 3.49. The summed E-state index contributed by atoms with van der Waals surface area (Å²) < 4.78 is 30.6. The fraction of sp³-hybridized carbons (Fsp3) is 0.348. The van der Waals surface area contributed by atoms with Crippen molar-refractivity contribution < 1.29 is 13.6 Å². The number of hydrogen-bond acceptors (Lipinski definition) is 8. The number of urea groups is 1. The van der Waals surface area contributed by atoms with Crippen LogP contribution in [-0.4, -0.2) is 72.6 Å². The number of carbonyl (C=O) groups excluding carboxylic acids is 1. The molecule has 0 bridgehead atoms. The van der Waals surface area contributed by atoms with Gasteiger partial charge in [-0.2, -0.15) is 25.1 Å². The number of hydrogen-bond donors (Lipinski definition) is 0. The van der Waals surface area contributed by atoms with Gasteiger partial charge in [0.15, 0.2) is 11.6 Å². The van der Waals surface area contributed by atoms with E-state index in [-0.39, 0.29) is 23.4 Å². The van der Waals surface area contributed by atoms with Gasteiger partial charge in [0, 0.05) is 45.4 Å². The van der Waals surface area contributed by atoms with Crippen molar-refractivity contribution in [3.63, 3.8) is 0 Å². The van der Waals surface area contributed by atoms with E-state index in [1.165, 1.54) is 22.0 Å². The molecule has 1 saturated heterocycles. The van der Waals surface area contributed by atoms with Crippen LogP contribution in [0.1, 0.15) is 30.5 Å². The number of anilines is 1. The summed E-state index contributed by atoms with van der Waals surface area (Å²) in [6.07, 6.45) is 4.29. The number of nitrogens with zero attached hydrogens (tertiary/aromatic N) is 10. The highest BCUT2D eigenvalue weighted by Crippen LogP contribution is 2.30. The molecule has 1 aromatic carbocycles. The molecule has 0 N–H and O–H groups in total. The second-order valence-corrected chi connectivity index (χ2v) is 8.49. The minimum absolute atomic E-state index is 0.172. The summed E-state index contributed by atoms with van der Waals surface area (Å²) in [6, 6.07) is 5.06. The molecule has 0 saturated carbocycles. The van der Waals surface area contributed by atoms with Crippen LogP contribution in [-0.2, 0) is 6.54 Å². The van der Waals surface area contributed by atoms with Crippen LogP contribution in [0.2, 0.25) is 0 Å². The van der Waals surface area contributed by atoms with Crippen LogP contribution < -0.4 is 10.6 Å². The maximum atomic E-state index is 14.4. The summed E-state index contributed by atoms with van der Waals surface area (Å²) in [7, 11) is 0. The van der Waals surface area contributed by atoms with E-state index in [2.05, 4.69) is 20.2 Å². The second-order valence-electron chi connectivity index (χ2n) is 8.49. The van der Waals surface area contributed by atoms with Crippen LogP contribution in [0, 0.1) is 23.0 Å². The van der Waals surface area contributed by atoms with Crippen LogP contribution in [0.4, 0.5) is 19.5 Å². The van der Waals surface area contributed by atoms with Gasteiger partial charge in [0.05, 0.1) is 23.9 Å². The van der Waals surface area contributed by atoms with Gasteiger partial charge in [0.2, 0.25) is 5.95 Å². The Hall–Kier alpha value is -4.67. The zero-order valence-corrected chi connectivity index (χ0v) is 19.8. The molecule has 2 aliphatic heterocycles. The normalized spacial score (nSPS) is 17.4. The quantitative estimate of drug-likeness (QED) is 0.524. The van der Waals surface area contributed by atoms with Gasteiger partial charge in [0.1, 0.15) is 12.1 Å². The maximum absolute atomic E-state index is 14.4. The zero-order chi connectivity index (χ0) is 26.1. The van der Waals surface area contributed by atoms with Crippen molar-refractivity contribution in [1.29, 1.82) is 5.26 Å². The fourth-order valence-electron chi connectivity index (χ4n) is 4.33. The monoisotopic (exact) mass is 508 g/mol. The molecule has 1 unspecified atom stereocenters. The number of piperazine rings is 1. The minimum atomic E-state index is -0.782. The molecule has 37 heavy (non-hydrogen) atoms. The third-order valence-corrected chi connectivity index (χ3v) is 6.28. The summed E-state index contributed by atoms with van der Waals surface area (Å²) in [5, 5.41) is 18.6. The molecule has 1 fully saturated rings. The molecular weight excluding hydrogens is 486 g/mol. The van der Waals surface area contributed by atoms with E-state index >= 15 is 0 Å². The number of amides is 2. The Labute approximate surface area is 209 Å². The van der Waals surface area contributed by atoms with Gasteiger partial charge in [-0.15, -0.1) is 0 Å². The highest BCUT2D eigenvalue weighted by atomic mass is 19.1. The molecule has 0 radical (unpaired) electrons. The maximum Gasteiger partial charge on any atom is 0.352 e. The van der Waals surface area contributed by atoms with Crippen molar-refractivity contribution in [3.05, 3.63) is 64.0 Å². The van der Waals surface area contributed by atoms with Crippen LogP contribution >= 0.6 is 0 Å². The third kappa shape index (κ3) is 4.51. The Morgan fingerprint density at radius 2 is 1.97 bits per heavy atom. The largest absolute Gasteiger partial charge is 0.352 e. The predicted molar refractivity (Wildman–Crippen MR) is 127 cm³/mol. The lowest BCUT2D eigenvalue weighted by Gasteiger charge is -2.37. The first-order valence-corrected chi connectivity index (χ1v) is 11.6. The van der Waals surface area contributed by atoms with E-state index in [4.69, 9.17) is 5.26 Å². The zero-order valence-electron chi connectivity index (χ0n) is 19.8. The summed E-state index contributed by atoms with van der Waals surface area (Å²) >= 11 is 0. The minimum Gasteiger partial charge on any atom is -0.337 e. The van der Waals surface area contributed by atoms with Gasteiger partial charge < -0.3 is 9.80 Å². The van der Waals surface area contributed by atoms with Gasteiger partial charge >= 0.3 is 11.7 Å². The molecule has 3 aromatic rings. The Bertz CT molecular complexity index is 1470. The molecule has 2 aliphatic rings. The van der Waals surface area contributed by atoms with Gasteiger partial charge in [-0.25, -0.2) is 28.4 Å². The molecule has 190 valence electrons. The first kappa shape index (κ1) is 24.0. The van der Waals surface area contributed by atoms with E-state index in [1.807, 2.05) is 6.07 Å². The molecular formula is C23H22F2N10O2. The average molecular weight is 508 g/mol. The Balaban J connectivity index is 1.29.